The van der Waals surface area contributed by atoms with Crippen LogP contribution in [-0.4, -0.2) is 43.5 Å². The molecule has 0 bridgehead atoms. The van der Waals surface area contributed by atoms with E-state index in [9.17, 15) is 10.1 Å². The summed E-state index contributed by atoms with van der Waals surface area (Å²) < 4.78 is 0. The Labute approximate surface area is 185 Å². The smallest absolute Gasteiger partial charge is 0.263 e. The minimum absolute atomic E-state index is 0. The first-order valence-corrected chi connectivity index (χ1v) is 10.1. The molecule has 0 radical (unpaired) electrons. The van der Waals surface area contributed by atoms with Gasteiger partial charge >= 0.3 is 0 Å². The fourth-order valence-electron chi connectivity index (χ4n) is 3.55. The molecule has 1 aliphatic rings. The van der Waals surface area contributed by atoms with Crippen LogP contribution in [0.1, 0.15) is 16.7 Å². The molecule has 2 aromatic rings. The summed E-state index contributed by atoms with van der Waals surface area (Å²) in [5, 5.41) is 12.3. The van der Waals surface area contributed by atoms with Crippen LogP contribution in [0.3, 0.4) is 0 Å². The van der Waals surface area contributed by atoms with Crippen molar-refractivity contribution in [2.75, 3.05) is 37.6 Å². The first-order valence-electron chi connectivity index (χ1n) is 10.1. The number of nitriles is 1. The molecular weight excluding hydrogens is 396 g/mol. The van der Waals surface area contributed by atoms with E-state index in [0.717, 1.165) is 38.2 Å². The average Bonchev–Trinajstić information content (AvgIpc) is 2.75. The first kappa shape index (κ1) is 23.3. The molecule has 30 heavy (non-hydrogen) atoms. The highest BCUT2D eigenvalue weighted by Crippen LogP contribution is 2.24. The fraction of sp³-hybridized carbons (Fsp3) is 0.333. The molecule has 0 spiro atoms. The highest BCUT2D eigenvalue weighted by Gasteiger charge is 2.19. The number of amides is 1. The van der Waals surface area contributed by atoms with Crippen molar-refractivity contribution in [1.29, 1.82) is 5.26 Å². The van der Waals surface area contributed by atoms with Crippen LogP contribution in [-0.2, 0) is 11.2 Å². The second-order valence-corrected chi connectivity index (χ2v) is 7.39. The van der Waals surface area contributed by atoms with Gasteiger partial charge in [0.25, 0.3) is 5.91 Å². The second-order valence-electron chi connectivity index (χ2n) is 7.39. The van der Waals surface area contributed by atoms with Gasteiger partial charge in [0.2, 0.25) is 0 Å². The van der Waals surface area contributed by atoms with Crippen LogP contribution in [0, 0.1) is 25.2 Å². The quantitative estimate of drug-likeness (QED) is 0.568. The van der Waals surface area contributed by atoms with Crippen molar-refractivity contribution >= 4 is 24.0 Å². The number of piperazine rings is 1. The average molecular weight is 425 g/mol. The molecule has 2 aromatic carbocycles. The molecule has 5 nitrogen and oxygen atoms in total. The van der Waals surface area contributed by atoms with Gasteiger partial charge in [0.05, 0.1) is 0 Å². The molecule has 1 fully saturated rings. The number of nitrogens with zero attached hydrogens (tertiary/aromatic N) is 3. The molecule has 6 heteroatoms. The fourth-order valence-corrected chi connectivity index (χ4v) is 3.55. The number of benzene rings is 2. The molecule has 0 atom stereocenters. The number of carbonyl (C=O) groups is 1. The van der Waals surface area contributed by atoms with Crippen LogP contribution in [0.15, 0.2) is 60.3 Å². The van der Waals surface area contributed by atoms with Crippen LogP contribution in [0.2, 0.25) is 0 Å². The van der Waals surface area contributed by atoms with Gasteiger partial charge in [0, 0.05) is 44.6 Å². The minimum atomic E-state index is -0.305. The third kappa shape index (κ3) is 6.01. The molecule has 158 valence electrons. The molecular formula is C24H29ClN4O. The number of halogens is 1. The van der Waals surface area contributed by atoms with Gasteiger partial charge in [0.15, 0.2) is 0 Å². The maximum Gasteiger partial charge on any atom is 0.263 e. The monoisotopic (exact) mass is 424 g/mol. The van der Waals surface area contributed by atoms with E-state index in [-0.39, 0.29) is 23.9 Å². The lowest BCUT2D eigenvalue weighted by molar-refractivity contribution is -0.117. The van der Waals surface area contributed by atoms with E-state index in [1.807, 2.05) is 30.3 Å². The van der Waals surface area contributed by atoms with Gasteiger partial charge in [-0.25, -0.2) is 0 Å². The predicted octanol–water partition coefficient (Wildman–Crippen LogP) is 3.61. The molecule has 0 aromatic heterocycles. The Kier molecular flexibility index (Phi) is 8.76. The van der Waals surface area contributed by atoms with E-state index in [1.54, 1.807) is 6.20 Å². The predicted molar refractivity (Wildman–Crippen MR) is 124 cm³/mol. The van der Waals surface area contributed by atoms with Crippen molar-refractivity contribution in [3.8, 4) is 6.07 Å². The van der Waals surface area contributed by atoms with Gasteiger partial charge in [-0.3, -0.25) is 4.79 Å². The van der Waals surface area contributed by atoms with Gasteiger partial charge in [-0.15, -0.1) is 12.4 Å². The molecule has 0 saturated carbocycles. The SMILES string of the molecule is Cc1cccc(N2CCN(/C=C(/C#N)C(=O)NCCc3ccccc3)CC2)c1C.Cl. The zero-order valence-corrected chi connectivity index (χ0v) is 18.4. The number of aryl methyl sites for hydroxylation is 1. The van der Waals surface area contributed by atoms with Gasteiger partial charge in [-0.2, -0.15) is 5.26 Å². The molecule has 1 saturated heterocycles. The summed E-state index contributed by atoms with van der Waals surface area (Å²) in [7, 11) is 0. The summed E-state index contributed by atoms with van der Waals surface area (Å²) >= 11 is 0. The number of hydrogen-bond donors (Lipinski definition) is 1. The van der Waals surface area contributed by atoms with E-state index >= 15 is 0 Å². The number of carbonyl (C=O) groups excluding carboxylic acids is 1. The Hall–Kier alpha value is -2.97. The summed E-state index contributed by atoms with van der Waals surface area (Å²) in [4.78, 5) is 16.8. The van der Waals surface area contributed by atoms with Crippen LogP contribution >= 0.6 is 12.4 Å². The van der Waals surface area contributed by atoms with Crippen molar-refractivity contribution in [2.24, 2.45) is 0 Å². The van der Waals surface area contributed by atoms with Crippen molar-refractivity contribution in [1.82, 2.24) is 10.2 Å². The lowest BCUT2D eigenvalue weighted by atomic mass is 10.1. The number of rotatable bonds is 6. The lowest BCUT2D eigenvalue weighted by Crippen LogP contribution is -2.44. The van der Waals surface area contributed by atoms with Crippen LogP contribution in [0.25, 0.3) is 0 Å². The van der Waals surface area contributed by atoms with Gasteiger partial charge in [0.1, 0.15) is 11.6 Å². The maximum atomic E-state index is 12.4. The first-order chi connectivity index (χ1) is 14.1. The highest BCUT2D eigenvalue weighted by atomic mass is 35.5. The summed E-state index contributed by atoms with van der Waals surface area (Å²) in [5.41, 5.74) is 5.21. The third-order valence-electron chi connectivity index (χ3n) is 5.45. The summed E-state index contributed by atoms with van der Waals surface area (Å²) in [6.45, 7) is 8.12. The number of hydrogen-bond acceptors (Lipinski definition) is 4. The van der Waals surface area contributed by atoms with Crippen LogP contribution in [0.4, 0.5) is 5.69 Å². The Balaban J connectivity index is 0.00000320. The normalized spacial score (nSPS) is 14.0. The Morgan fingerprint density at radius 2 is 1.77 bits per heavy atom. The summed E-state index contributed by atoms with van der Waals surface area (Å²) in [5.74, 6) is -0.305. The zero-order chi connectivity index (χ0) is 20.6. The van der Waals surface area contributed by atoms with Crippen molar-refractivity contribution in [3.05, 3.63) is 77.0 Å². The maximum absolute atomic E-state index is 12.4. The van der Waals surface area contributed by atoms with E-state index < -0.39 is 0 Å². The minimum Gasteiger partial charge on any atom is -0.373 e. The summed E-state index contributed by atoms with van der Waals surface area (Å²) in [6.07, 6.45) is 2.46. The molecule has 1 aliphatic heterocycles. The molecule has 1 heterocycles. The van der Waals surface area contributed by atoms with Gasteiger partial charge in [-0.05, 0) is 43.0 Å². The Bertz CT molecular complexity index is 913. The van der Waals surface area contributed by atoms with Crippen LogP contribution < -0.4 is 10.2 Å². The summed E-state index contributed by atoms with van der Waals surface area (Å²) in [6, 6.07) is 18.4. The molecule has 1 N–H and O–H groups in total. The van der Waals surface area contributed by atoms with E-state index in [1.165, 1.54) is 16.8 Å². The second kappa shape index (κ2) is 11.3. The van der Waals surface area contributed by atoms with E-state index in [0.29, 0.717) is 6.54 Å². The van der Waals surface area contributed by atoms with Gasteiger partial charge < -0.3 is 15.1 Å². The van der Waals surface area contributed by atoms with Crippen molar-refractivity contribution in [3.63, 3.8) is 0 Å². The van der Waals surface area contributed by atoms with Crippen molar-refractivity contribution in [2.45, 2.75) is 20.3 Å². The number of nitrogens with one attached hydrogen (secondary N) is 1. The standard InChI is InChI=1S/C24H28N4O.ClH/c1-19-7-6-10-23(20(19)2)28-15-13-27(14-16-28)18-22(17-25)24(29)26-12-11-21-8-4-3-5-9-21;/h3-10,18H,11-16H2,1-2H3,(H,26,29);1H/b22-18-;. The topological polar surface area (TPSA) is 59.4 Å². The van der Waals surface area contributed by atoms with E-state index in [2.05, 4.69) is 53.2 Å². The molecule has 0 unspecified atom stereocenters. The molecule has 1 amide bonds. The lowest BCUT2D eigenvalue weighted by Gasteiger charge is -2.36. The largest absolute Gasteiger partial charge is 0.373 e. The third-order valence-corrected chi connectivity index (χ3v) is 5.45. The number of anilines is 1. The van der Waals surface area contributed by atoms with Crippen LogP contribution in [0.5, 0.6) is 0 Å². The van der Waals surface area contributed by atoms with E-state index in [4.69, 9.17) is 0 Å². The molecule has 0 aliphatic carbocycles. The zero-order valence-electron chi connectivity index (χ0n) is 17.6. The molecule has 3 rings (SSSR count). The Morgan fingerprint density at radius 3 is 2.43 bits per heavy atom. The highest BCUT2D eigenvalue weighted by molar-refractivity contribution is 5.97. The Morgan fingerprint density at radius 1 is 1.07 bits per heavy atom. The van der Waals surface area contributed by atoms with Crippen molar-refractivity contribution < 1.29 is 4.79 Å². The van der Waals surface area contributed by atoms with Gasteiger partial charge in [-0.1, -0.05) is 42.5 Å².